The summed E-state index contributed by atoms with van der Waals surface area (Å²) in [4.78, 5) is 11.5. The van der Waals surface area contributed by atoms with Gasteiger partial charge in [0.05, 0.1) is 0 Å². The van der Waals surface area contributed by atoms with Crippen LogP contribution in [0.4, 0.5) is 0 Å². The molecule has 1 rings (SSSR count). The van der Waals surface area contributed by atoms with Crippen LogP contribution < -0.4 is 14.8 Å². The van der Waals surface area contributed by atoms with Crippen molar-refractivity contribution in [3.05, 3.63) is 24.3 Å². The Balaban J connectivity index is 2.39. The van der Waals surface area contributed by atoms with Gasteiger partial charge in [0.25, 0.3) is 0 Å². The van der Waals surface area contributed by atoms with Gasteiger partial charge in [0.1, 0.15) is 24.7 Å². The lowest BCUT2D eigenvalue weighted by atomic mass is 10.1. The average Bonchev–Trinajstić information content (AvgIpc) is 2.41. The Bertz CT molecular complexity index is 421. The predicted octanol–water partition coefficient (Wildman–Crippen LogP) is 2.53. The zero-order chi connectivity index (χ0) is 15.0. The summed E-state index contributed by atoms with van der Waals surface area (Å²) in [6.45, 7) is 7.06. The number of benzene rings is 1. The molecule has 0 amide bonds. The molecule has 1 atom stereocenters. The van der Waals surface area contributed by atoms with E-state index in [0.29, 0.717) is 12.4 Å². The van der Waals surface area contributed by atoms with Crippen molar-refractivity contribution in [1.29, 1.82) is 0 Å². The van der Waals surface area contributed by atoms with E-state index in [2.05, 4.69) is 17.9 Å². The molecule has 1 N–H and O–H groups in total. The smallest absolute Gasteiger partial charge is 0.172 e. The van der Waals surface area contributed by atoms with Crippen LogP contribution in [0.5, 0.6) is 11.5 Å². The number of ether oxygens (including phenoxy) is 2. The number of carbonyl (C=O) groups excluding carboxylic acids is 1. The van der Waals surface area contributed by atoms with E-state index in [0.717, 1.165) is 12.3 Å². The summed E-state index contributed by atoms with van der Waals surface area (Å²) in [6.07, 6.45) is 0. The number of thiol groups is 1. The van der Waals surface area contributed by atoms with Crippen LogP contribution in [0, 0.1) is 5.92 Å². The van der Waals surface area contributed by atoms with Gasteiger partial charge >= 0.3 is 0 Å². The van der Waals surface area contributed by atoms with Crippen LogP contribution in [0.1, 0.15) is 20.8 Å². The van der Waals surface area contributed by atoms with E-state index in [1.807, 2.05) is 39.0 Å². The van der Waals surface area contributed by atoms with Gasteiger partial charge in [-0.1, -0.05) is 19.9 Å². The van der Waals surface area contributed by atoms with Crippen molar-refractivity contribution >= 4 is 18.4 Å². The first-order valence-corrected chi connectivity index (χ1v) is 7.30. The minimum Gasteiger partial charge on any atom is -0.492 e. The zero-order valence-corrected chi connectivity index (χ0v) is 13.2. The van der Waals surface area contributed by atoms with Gasteiger partial charge in [0.2, 0.25) is 0 Å². The average molecular weight is 297 g/mol. The molecule has 0 aliphatic heterocycles. The normalized spacial score (nSPS) is 12.2. The van der Waals surface area contributed by atoms with Crippen molar-refractivity contribution < 1.29 is 14.3 Å². The molecular formula is C15H23NO3S. The first-order chi connectivity index (χ1) is 9.49. The highest BCUT2D eigenvalue weighted by atomic mass is 32.1. The molecule has 0 aliphatic rings. The molecule has 5 heteroatoms. The number of carbonyl (C=O) groups is 1. The molecule has 0 radical (unpaired) electrons. The number of Topliss-reactive ketones (excluding diaryl/α,β-unsaturated/α-hetero) is 1. The van der Waals surface area contributed by atoms with Crippen molar-refractivity contribution in [3.8, 4) is 11.5 Å². The van der Waals surface area contributed by atoms with E-state index in [1.54, 1.807) is 6.07 Å². The summed E-state index contributed by atoms with van der Waals surface area (Å²) < 4.78 is 11.0. The SMILES string of the molecule is CC(S)NCCOc1cccc(OCC(=O)C(C)C)c1. The van der Waals surface area contributed by atoms with Crippen LogP contribution in [0.3, 0.4) is 0 Å². The highest BCUT2D eigenvalue weighted by Gasteiger charge is 2.08. The largest absolute Gasteiger partial charge is 0.492 e. The van der Waals surface area contributed by atoms with Gasteiger partial charge < -0.3 is 14.8 Å². The Morgan fingerprint density at radius 1 is 1.25 bits per heavy atom. The summed E-state index contributed by atoms with van der Waals surface area (Å²) in [5, 5.41) is 3.29. The summed E-state index contributed by atoms with van der Waals surface area (Å²) in [5.41, 5.74) is 0. The third kappa shape index (κ3) is 6.82. The first-order valence-electron chi connectivity index (χ1n) is 6.79. The van der Waals surface area contributed by atoms with Gasteiger partial charge in [-0.05, 0) is 19.1 Å². The molecule has 4 nitrogen and oxygen atoms in total. The van der Waals surface area contributed by atoms with Gasteiger partial charge in [-0.2, -0.15) is 12.6 Å². The Kier molecular flexibility index (Phi) is 7.47. The number of nitrogens with one attached hydrogen (secondary N) is 1. The maximum Gasteiger partial charge on any atom is 0.172 e. The minimum absolute atomic E-state index is 0.0104. The molecule has 1 aromatic rings. The molecule has 0 saturated carbocycles. The van der Waals surface area contributed by atoms with E-state index in [-0.39, 0.29) is 23.7 Å². The van der Waals surface area contributed by atoms with Gasteiger partial charge in [0.15, 0.2) is 5.78 Å². The quantitative estimate of drug-likeness (QED) is 0.418. The number of hydrogen-bond acceptors (Lipinski definition) is 5. The maximum absolute atomic E-state index is 11.5. The second-order valence-electron chi connectivity index (χ2n) is 4.86. The van der Waals surface area contributed by atoms with Crippen LogP contribution in [-0.2, 0) is 4.79 Å². The predicted molar refractivity (Wildman–Crippen MR) is 83.7 cm³/mol. The second-order valence-corrected chi connectivity index (χ2v) is 5.64. The maximum atomic E-state index is 11.5. The molecule has 0 spiro atoms. The van der Waals surface area contributed by atoms with Gasteiger partial charge in [-0.3, -0.25) is 4.79 Å². The lowest BCUT2D eigenvalue weighted by Crippen LogP contribution is -2.26. The molecule has 0 aromatic heterocycles. The van der Waals surface area contributed by atoms with E-state index >= 15 is 0 Å². The van der Waals surface area contributed by atoms with Crippen molar-refractivity contribution in [2.24, 2.45) is 5.92 Å². The summed E-state index contributed by atoms with van der Waals surface area (Å²) in [5.74, 6) is 1.45. The molecular weight excluding hydrogens is 274 g/mol. The topological polar surface area (TPSA) is 47.6 Å². The van der Waals surface area contributed by atoms with Gasteiger partial charge in [0, 0.05) is 23.9 Å². The molecule has 0 aliphatic carbocycles. The Hall–Kier alpha value is -1.20. The standard InChI is InChI=1S/C15H23NO3S/c1-11(2)15(17)10-19-14-6-4-5-13(9-14)18-8-7-16-12(3)20/h4-6,9,11-12,16,20H,7-8,10H2,1-3H3. The van der Waals surface area contributed by atoms with Crippen LogP contribution in [0.2, 0.25) is 0 Å². The van der Waals surface area contributed by atoms with Crippen molar-refractivity contribution in [2.75, 3.05) is 19.8 Å². The summed E-state index contributed by atoms with van der Waals surface area (Å²) in [6, 6.07) is 7.31. The summed E-state index contributed by atoms with van der Waals surface area (Å²) >= 11 is 4.22. The third-order valence-corrected chi connectivity index (χ3v) is 2.82. The lowest BCUT2D eigenvalue weighted by Gasteiger charge is -2.11. The molecule has 112 valence electrons. The Labute approximate surface area is 126 Å². The molecule has 0 saturated heterocycles. The van der Waals surface area contributed by atoms with Crippen LogP contribution >= 0.6 is 12.6 Å². The molecule has 0 heterocycles. The fourth-order valence-electron chi connectivity index (χ4n) is 1.41. The molecule has 0 fully saturated rings. The fraction of sp³-hybridized carbons (Fsp3) is 0.533. The van der Waals surface area contributed by atoms with Crippen molar-refractivity contribution in [1.82, 2.24) is 5.32 Å². The minimum atomic E-state index is -0.0104. The highest BCUT2D eigenvalue weighted by Crippen LogP contribution is 2.19. The molecule has 20 heavy (non-hydrogen) atoms. The lowest BCUT2D eigenvalue weighted by molar-refractivity contribution is -0.123. The Morgan fingerprint density at radius 2 is 1.90 bits per heavy atom. The summed E-state index contributed by atoms with van der Waals surface area (Å²) in [7, 11) is 0. The van der Waals surface area contributed by atoms with Gasteiger partial charge in [-0.15, -0.1) is 0 Å². The molecule has 1 unspecified atom stereocenters. The third-order valence-electron chi connectivity index (χ3n) is 2.64. The van der Waals surface area contributed by atoms with E-state index in [1.165, 1.54) is 0 Å². The molecule has 1 aromatic carbocycles. The first kappa shape index (κ1) is 16.9. The van der Waals surface area contributed by atoms with E-state index in [9.17, 15) is 4.79 Å². The van der Waals surface area contributed by atoms with E-state index in [4.69, 9.17) is 9.47 Å². The monoisotopic (exact) mass is 297 g/mol. The van der Waals surface area contributed by atoms with Gasteiger partial charge in [-0.25, -0.2) is 0 Å². The number of hydrogen-bond donors (Lipinski definition) is 2. The fourth-order valence-corrected chi connectivity index (χ4v) is 1.54. The Morgan fingerprint density at radius 3 is 2.50 bits per heavy atom. The number of rotatable bonds is 9. The van der Waals surface area contributed by atoms with Crippen molar-refractivity contribution in [3.63, 3.8) is 0 Å². The second kappa shape index (κ2) is 8.87. The zero-order valence-electron chi connectivity index (χ0n) is 12.3. The number of ketones is 1. The van der Waals surface area contributed by atoms with Crippen molar-refractivity contribution in [2.45, 2.75) is 26.1 Å². The van der Waals surface area contributed by atoms with Crippen LogP contribution in [-0.4, -0.2) is 30.9 Å². The van der Waals surface area contributed by atoms with Crippen LogP contribution in [0.25, 0.3) is 0 Å². The highest BCUT2D eigenvalue weighted by molar-refractivity contribution is 7.80. The molecule has 0 bridgehead atoms. The van der Waals surface area contributed by atoms with Crippen LogP contribution in [0.15, 0.2) is 24.3 Å². The van der Waals surface area contributed by atoms with E-state index < -0.39 is 0 Å².